The number of nitrogens with zero attached hydrogens (tertiary/aromatic N) is 3. The molecule has 0 saturated heterocycles. The second-order valence-electron chi connectivity index (χ2n) is 8.79. The third-order valence-corrected chi connectivity index (χ3v) is 8.01. The van der Waals surface area contributed by atoms with Crippen molar-refractivity contribution >= 4 is 27.0 Å². The molecule has 1 heterocycles. The van der Waals surface area contributed by atoms with Crippen molar-refractivity contribution in [2.75, 3.05) is 20.6 Å². The summed E-state index contributed by atoms with van der Waals surface area (Å²) in [5.74, 6) is 1.10. The molecular formula is C26H36N4O3S. The minimum absolute atomic E-state index is 0.000599. The molecule has 0 saturated carbocycles. The molecule has 0 aliphatic heterocycles. The number of aryl methyl sites for hydroxylation is 2. The van der Waals surface area contributed by atoms with E-state index in [0.717, 1.165) is 37.1 Å². The van der Waals surface area contributed by atoms with Crippen LogP contribution in [0.5, 0.6) is 0 Å². The molecule has 184 valence electrons. The summed E-state index contributed by atoms with van der Waals surface area (Å²) in [5.41, 5.74) is 2.77. The maximum absolute atomic E-state index is 12.6. The Bertz CT molecular complexity index is 1200. The molecule has 7 nitrogen and oxygen atoms in total. The molecule has 1 aromatic heterocycles. The lowest BCUT2D eigenvalue weighted by Gasteiger charge is -2.16. The van der Waals surface area contributed by atoms with Gasteiger partial charge in [-0.25, -0.2) is 17.7 Å². The van der Waals surface area contributed by atoms with Crippen LogP contribution in [0, 0.1) is 0 Å². The highest BCUT2D eigenvalue weighted by Gasteiger charge is 2.20. The Hall–Kier alpha value is -2.71. The number of unbranched alkanes of at least 4 members (excludes halogenated alkanes) is 1. The first-order valence-corrected chi connectivity index (χ1v) is 13.4. The second-order valence-corrected chi connectivity index (χ2v) is 10.9. The molecule has 2 aromatic carbocycles. The van der Waals surface area contributed by atoms with E-state index in [0.29, 0.717) is 24.9 Å². The van der Waals surface area contributed by atoms with Crippen molar-refractivity contribution in [3.05, 3.63) is 59.9 Å². The smallest absolute Gasteiger partial charge is 0.242 e. The van der Waals surface area contributed by atoms with Crippen LogP contribution in [0.1, 0.15) is 56.8 Å². The molecule has 0 radical (unpaired) electrons. The lowest BCUT2D eigenvalue weighted by atomic mass is 9.96. The first-order valence-electron chi connectivity index (χ1n) is 12.0. The standard InChI is InChI=1S/C26H36N4O3S/c1-5-7-17-30-24-14-13-22(34(32,33)29(3)4)18-23(24)28-25(30)15-16-26(31)27-19-20(6-2)21-11-9-8-10-12-21/h8-14,18,20H,5-7,15-17,19H2,1-4H3,(H,27,31). The molecule has 1 amide bonds. The van der Waals surface area contributed by atoms with Crippen LogP contribution in [-0.2, 0) is 27.8 Å². The van der Waals surface area contributed by atoms with Gasteiger partial charge in [-0.15, -0.1) is 0 Å². The number of aromatic nitrogens is 2. The number of carbonyl (C=O) groups excluding carboxylic acids is 1. The van der Waals surface area contributed by atoms with Crippen molar-refractivity contribution in [1.82, 2.24) is 19.2 Å². The molecule has 0 fully saturated rings. The molecule has 1 unspecified atom stereocenters. The van der Waals surface area contributed by atoms with Gasteiger partial charge in [0.25, 0.3) is 0 Å². The maximum atomic E-state index is 12.6. The number of hydrogen-bond donors (Lipinski definition) is 1. The third-order valence-electron chi connectivity index (χ3n) is 6.20. The molecular weight excluding hydrogens is 448 g/mol. The van der Waals surface area contributed by atoms with Crippen LogP contribution in [0.3, 0.4) is 0 Å². The van der Waals surface area contributed by atoms with Gasteiger partial charge in [-0.1, -0.05) is 50.6 Å². The van der Waals surface area contributed by atoms with Gasteiger partial charge in [0, 0.05) is 45.9 Å². The number of carbonyl (C=O) groups is 1. The third kappa shape index (κ3) is 6.04. The monoisotopic (exact) mass is 484 g/mol. The van der Waals surface area contributed by atoms with Gasteiger partial charge in [0.1, 0.15) is 5.82 Å². The largest absolute Gasteiger partial charge is 0.355 e. The van der Waals surface area contributed by atoms with Gasteiger partial charge < -0.3 is 9.88 Å². The van der Waals surface area contributed by atoms with E-state index < -0.39 is 10.0 Å². The van der Waals surface area contributed by atoms with E-state index in [1.165, 1.54) is 24.0 Å². The molecule has 1 atom stereocenters. The number of nitrogens with one attached hydrogen (secondary N) is 1. The molecule has 34 heavy (non-hydrogen) atoms. The normalized spacial score (nSPS) is 12.9. The fourth-order valence-electron chi connectivity index (χ4n) is 4.06. The topological polar surface area (TPSA) is 84.3 Å². The van der Waals surface area contributed by atoms with Crippen LogP contribution in [0.4, 0.5) is 0 Å². The average Bonchev–Trinajstić information content (AvgIpc) is 3.18. The van der Waals surface area contributed by atoms with E-state index in [1.54, 1.807) is 12.1 Å². The number of hydrogen-bond acceptors (Lipinski definition) is 4. The summed E-state index contributed by atoms with van der Waals surface area (Å²) in [4.78, 5) is 17.6. The van der Waals surface area contributed by atoms with Crippen LogP contribution in [-0.4, -0.2) is 48.8 Å². The first kappa shape index (κ1) is 25.9. The van der Waals surface area contributed by atoms with Crippen LogP contribution >= 0.6 is 0 Å². The van der Waals surface area contributed by atoms with Gasteiger partial charge in [-0.2, -0.15) is 0 Å². The molecule has 8 heteroatoms. The average molecular weight is 485 g/mol. The van der Waals surface area contributed by atoms with Crippen LogP contribution in [0.15, 0.2) is 53.4 Å². The summed E-state index contributed by atoms with van der Waals surface area (Å²) in [6.45, 7) is 5.66. The number of amides is 1. The summed E-state index contributed by atoms with van der Waals surface area (Å²) >= 11 is 0. The zero-order valence-corrected chi connectivity index (χ0v) is 21.4. The quantitative estimate of drug-likeness (QED) is 0.415. The SMILES string of the molecule is CCCCn1c(CCC(=O)NCC(CC)c2ccccc2)nc2cc(S(=O)(=O)N(C)C)ccc21. The van der Waals surface area contributed by atoms with E-state index in [9.17, 15) is 13.2 Å². The number of benzene rings is 2. The maximum Gasteiger partial charge on any atom is 0.242 e. The van der Waals surface area contributed by atoms with Gasteiger partial charge in [-0.3, -0.25) is 4.79 Å². The van der Waals surface area contributed by atoms with Crippen molar-refractivity contribution in [2.45, 2.75) is 63.3 Å². The lowest BCUT2D eigenvalue weighted by Crippen LogP contribution is -2.28. The summed E-state index contributed by atoms with van der Waals surface area (Å²) < 4.78 is 28.4. The lowest BCUT2D eigenvalue weighted by molar-refractivity contribution is -0.121. The van der Waals surface area contributed by atoms with Gasteiger partial charge in [-0.05, 0) is 36.6 Å². The van der Waals surface area contributed by atoms with E-state index in [-0.39, 0.29) is 16.7 Å². The Morgan fingerprint density at radius 3 is 2.50 bits per heavy atom. The first-order chi connectivity index (χ1) is 16.3. The van der Waals surface area contributed by atoms with Gasteiger partial charge >= 0.3 is 0 Å². The molecule has 0 aliphatic carbocycles. The summed E-state index contributed by atoms with van der Waals surface area (Å²) in [7, 11) is -0.499. The summed E-state index contributed by atoms with van der Waals surface area (Å²) in [6.07, 6.45) is 3.81. The minimum Gasteiger partial charge on any atom is -0.355 e. The molecule has 0 spiro atoms. The second kappa shape index (κ2) is 11.6. The zero-order valence-electron chi connectivity index (χ0n) is 20.6. The molecule has 3 aromatic rings. The fraction of sp³-hybridized carbons (Fsp3) is 0.462. The Balaban J connectivity index is 1.74. The highest BCUT2D eigenvalue weighted by molar-refractivity contribution is 7.89. The fourth-order valence-corrected chi connectivity index (χ4v) is 4.98. The van der Waals surface area contributed by atoms with E-state index in [2.05, 4.69) is 35.9 Å². The Morgan fingerprint density at radius 2 is 1.85 bits per heavy atom. The number of rotatable bonds is 12. The van der Waals surface area contributed by atoms with Crippen molar-refractivity contribution in [1.29, 1.82) is 0 Å². The Labute approximate surface area is 203 Å². The predicted octanol–water partition coefficient (Wildman–Crippen LogP) is 4.33. The molecule has 0 bridgehead atoms. The van der Waals surface area contributed by atoms with Gasteiger partial charge in [0.2, 0.25) is 15.9 Å². The zero-order chi connectivity index (χ0) is 24.7. The minimum atomic E-state index is -3.54. The highest BCUT2D eigenvalue weighted by Crippen LogP contribution is 2.23. The van der Waals surface area contributed by atoms with Crippen LogP contribution in [0.2, 0.25) is 0 Å². The van der Waals surface area contributed by atoms with E-state index in [1.807, 2.05) is 24.3 Å². The van der Waals surface area contributed by atoms with Crippen molar-refractivity contribution < 1.29 is 13.2 Å². The predicted molar refractivity (Wildman–Crippen MR) is 136 cm³/mol. The summed E-state index contributed by atoms with van der Waals surface area (Å²) in [6, 6.07) is 15.3. The van der Waals surface area contributed by atoms with Crippen LogP contribution < -0.4 is 5.32 Å². The molecule has 3 rings (SSSR count). The number of fused-ring (bicyclic) bond motifs is 1. The van der Waals surface area contributed by atoms with Crippen molar-refractivity contribution in [3.63, 3.8) is 0 Å². The van der Waals surface area contributed by atoms with E-state index in [4.69, 9.17) is 4.98 Å². The van der Waals surface area contributed by atoms with Gasteiger partial charge in [0.15, 0.2) is 0 Å². The Morgan fingerprint density at radius 1 is 1.12 bits per heavy atom. The molecule has 0 aliphatic rings. The van der Waals surface area contributed by atoms with Gasteiger partial charge in [0.05, 0.1) is 15.9 Å². The summed E-state index contributed by atoms with van der Waals surface area (Å²) in [5, 5.41) is 3.08. The molecule has 1 N–H and O–H groups in total. The van der Waals surface area contributed by atoms with E-state index >= 15 is 0 Å². The van der Waals surface area contributed by atoms with Crippen molar-refractivity contribution in [3.8, 4) is 0 Å². The van der Waals surface area contributed by atoms with Crippen LogP contribution in [0.25, 0.3) is 11.0 Å². The Kier molecular flexibility index (Phi) is 8.85. The van der Waals surface area contributed by atoms with Crippen molar-refractivity contribution in [2.24, 2.45) is 0 Å². The number of imidazole rings is 1. The highest BCUT2D eigenvalue weighted by atomic mass is 32.2. The number of sulfonamides is 1.